The molecule has 4 rings (SSSR count). The average Bonchev–Trinajstić information content (AvgIpc) is 3.18. The van der Waals surface area contributed by atoms with Crippen LogP contribution in [0.1, 0.15) is 40.5 Å². The van der Waals surface area contributed by atoms with E-state index in [1.54, 1.807) is 0 Å². The predicted octanol–water partition coefficient (Wildman–Crippen LogP) is 6.33. The van der Waals surface area contributed by atoms with Gasteiger partial charge in [-0.25, -0.2) is 9.37 Å². The maximum absolute atomic E-state index is 13.4. The number of hydrogen-bond acceptors (Lipinski definition) is 2. The van der Waals surface area contributed by atoms with Crippen molar-refractivity contribution in [1.29, 1.82) is 0 Å². The summed E-state index contributed by atoms with van der Waals surface area (Å²) in [6, 6.07) is 19.5. The number of benzene rings is 3. The van der Waals surface area contributed by atoms with Crippen LogP contribution in [0.3, 0.4) is 0 Å². The summed E-state index contributed by atoms with van der Waals surface area (Å²) in [5.41, 5.74) is 3.18. The molecule has 0 spiro atoms. The third kappa shape index (κ3) is 4.89. The first-order valence-electron chi connectivity index (χ1n) is 9.85. The van der Waals surface area contributed by atoms with E-state index in [-0.39, 0.29) is 29.4 Å². The van der Waals surface area contributed by atoms with Crippen molar-refractivity contribution >= 4 is 40.1 Å². The van der Waals surface area contributed by atoms with E-state index >= 15 is 0 Å². The molecule has 0 saturated carbocycles. The van der Waals surface area contributed by atoms with E-state index in [2.05, 4.69) is 22.2 Å². The van der Waals surface area contributed by atoms with Crippen molar-refractivity contribution in [3.05, 3.63) is 99.5 Å². The first-order chi connectivity index (χ1) is 14.9. The Hall–Kier alpha value is -2.89. The van der Waals surface area contributed by atoms with Crippen molar-refractivity contribution in [2.45, 2.75) is 18.8 Å². The SMILES string of the molecule is CC(c1ccc(Cl)cc1)C(CNC(=O)c1nc2ccc(F)cc2[nH]1)c1ccc(Cl)cc1. The van der Waals surface area contributed by atoms with Crippen molar-refractivity contribution in [3.63, 3.8) is 0 Å². The molecule has 2 atom stereocenters. The van der Waals surface area contributed by atoms with E-state index in [4.69, 9.17) is 23.2 Å². The number of nitrogens with zero attached hydrogens (tertiary/aromatic N) is 1. The highest BCUT2D eigenvalue weighted by molar-refractivity contribution is 6.30. The minimum absolute atomic E-state index is 0.00999. The van der Waals surface area contributed by atoms with E-state index < -0.39 is 0 Å². The first-order valence-corrected chi connectivity index (χ1v) is 10.6. The topological polar surface area (TPSA) is 57.8 Å². The number of H-pyrrole nitrogens is 1. The van der Waals surface area contributed by atoms with Crippen LogP contribution in [-0.2, 0) is 0 Å². The van der Waals surface area contributed by atoms with Gasteiger partial charge in [0, 0.05) is 22.5 Å². The van der Waals surface area contributed by atoms with Crippen molar-refractivity contribution in [1.82, 2.24) is 15.3 Å². The smallest absolute Gasteiger partial charge is 0.287 e. The molecule has 0 fully saturated rings. The zero-order valence-corrected chi connectivity index (χ0v) is 18.2. The number of rotatable bonds is 6. The summed E-state index contributed by atoms with van der Waals surface area (Å²) in [5.74, 6) is -0.496. The Kier molecular flexibility index (Phi) is 6.25. The number of carbonyl (C=O) groups is 1. The molecule has 1 heterocycles. The van der Waals surface area contributed by atoms with Crippen LogP contribution in [0, 0.1) is 5.82 Å². The summed E-state index contributed by atoms with van der Waals surface area (Å²) in [6.45, 7) is 2.49. The number of carbonyl (C=O) groups excluding carboxylic acids is 1. The first kappa shape index (κ1) is 21.3. The Labute approximate surface area is 189 Å². The van der Waals surface area contributed by atoms with E-state index in [1.165, 1.54) is 18.2 Å². The van der Waals surface area contributed by atoms with Crippen LogP contribution in [0.5, 0.6) is 0 Å². The van der Waals surface area contributed by atoms with E-state index in [0.717, 1.165) is 11.1 Å². The number of amides is 1. The standard InChI is InChI=1S/C24H20Cl2FN3O/c1-14(15-2-6-17(25)7-3-15)20(16-4-8-18(26)9-5-16)13-28-24(31)23-29-21-11-10-19(27)12-22(21)30-23/h2-12,14,20H,13H2,1H3,(H,28,31)(H,29,30). The van der Waals surface area contributed by atoms with Gasteiger partial charge in [0.05, 0.1) is 11.0 Å². The monoisotopic (exact) mass is 455 g/mol. The Bertz CT molecular complexity index is 1210. The molecule has 2 N–H and O–H groups in total. The van der Waals surface area contributed by atoms with Gasteiger partial charge < -0.3 is 10.3 Å². The van der Waals surface area contributed by atoms with Gasteiger partial charge in [-0.15, -0.1) is 0 Å². The molecule has 31 heavy (non-hydrogen) atoms. The lowest BCUT2D eigenvalue weighted by atomic mass is 9.82. The van der Waals surface area contributed by atoms with Gasteiger partial charge in [-0.1, -0.05) is 54.4 Å². The molecule has 1 amide bonds. The van der Waals surface area contributed by atoms with E-state index in [9.17, 15) is 9.18 Å². The van der Waals surface area contributed by atoms with Crippen molar-refractivity contribution in [2.24, 2.45) is 0 Å². The second kappa shape index (κ2) is 9.08. The molecular weight excluding hydrogens is 436 g/mol. The Morgan fingerprint density at radius 2 is 1.61 bits per heavy atom. The number of aromatic nitrogens is 2. The highest BCUT2D eigenvalue weighted by Crippen LogP contribution is 2.33. The van der Waals surface area contributed by atoms with Crippen molar-refractivity contribution < 1.29 is 9.18 Å². The van der Waals surface area contributed by atoms with Crippen molar-refractivity contribution in [2.75, 3.05) is 6.54 Å². The lowest BCUT2D eigenvalue weighted by Gasteiger charge is -2.25. The molecule has 0 aliphatic heterocycles. The van der Waals surface area contributed by atoms with Crippen LogP contribution in [0.4, 0.5) is 4.39 Å². The van der Waals surface area contributed by atoms with E-state index in [0.29, 0.717) is 27.6 Å². The normalized spacial score (nSPS) is 13.2. The number of imidazole rings is 1. The second-order valence-corrected chi connectivity index (χ2v) is 8.33. The third-order valence-corrected chi connectivity index (χ3v) is 5.94. The quantitative estimate of drug-likeness (QED) is 0.357. The summed E-state index contributed by atoms with van der Waals surface area (Å²) in [4.78, 5) is 19.9. The zero-order chi connectivity index (χ0) is 22.0. The van der Waals surface area contributed by atoms with Crippen LogP contribution in [-0.4, -0.2) is 22.4 Å². The molecule has 158 valence electrons. The average molecular weight is 456 g/mol. The summed E-state index contributed by atoms with van der Waals surface area (Å²) in [6.07, 6.45) is 0. The van der Waals surface area contributed by atoms with Crippen LogP contribution in [0.15, 0.2) is 66.7 Å². The molecular formula is C24H20Cl2FN3O. The highest BCUT2D eigenvalue weighted by Gasteiger charge is 2.23. The molecule has 0 saturated heterocycles. The van der Waals surface area contributed by atoms with Crippen molar-refractivity contribution in [3.8, 4) is 0 Å². The van der Waals surface area contributed by atoms with Gasteiger partial charge in [-0.3, -0.25) is 4.79 Å². The van der Waals surface area contributed by atoms with E-state index in [1.807, 2.05) is 48.5 Å². The number of nitrogens with one attached hydrogen (secondary N) is 2. The molecule has 0 bridgehead atoms. The second-order valence-electron chi connectivity index (χ2n) is 7.46. The molecule has 0 aliphatic rings. The largest absolute Gasteiger partial charge is 0.349 e. The molecule has 0 radical (unpaired) electrons. The summed E-state index contributed by atoms with van der Waals surface area (Å²) in [5, 5.41) is 4.29. The fourth-order valence-corrected chi connectivity index (χ4v) is 3.92. The van der Waals surface area contributed by atoms with Gasteiger partial charge in [-0.2, -0.15) is 0 Å². The van der Waals surface area contributed by atoms with Gasteiger partial charge >= 0.3 is 0 Å². The minimum atomic E-state index is -0.386. The molecule has 4 nitrogen and oxygen atoms in total. The number of hydrogen-bond donors (Lipinski definition) is 2. The van der Waals surface area contributed by atoms with Gasteiger partial charge in [-0.05, 0) is 59.5 Å². The van der Waals surface area contributed by atoms with Gasteiger partial charge in [0.2, 0.25) is 0 Å². The van der Waals surface area contributed by atoms with Crippen LogP contribution >= 0.6 is 23.2 Å². The minimum Gasteiger partial charge on any atom is -0.349 e. The zero-order valence-electron chi connectivity index (χ0n) is 16.7. The number of halogens is 3. The van der Waals surface area contributed by atoms with Crippen LogP contribution < -0.4 is 5.32 Å². The van der Waals surface area contributed by atoms with Gasteiger partial charge in [0.25, 0.3) is 5.91 Å². The Morgan fingerprint density at radius 1 is 1.00 bits per heavy atom. The summed E-state index contributed by atoms with van der Waals surface area (Å²) >= 11 is 12.1. The number of aromatic amines is 1. The molecule has 7 heteroatoms. The highest BCUT2D eigenvalue weighted by atomic mass is 35.5. The fourth-order valence-electron chi connectivity index (χ4n) is 3.67. The van der Waals surface area contributed by atoms with Crippen LogP contribution in [0.25, 0.3) is 11.0 Å². The van der Waals surface area contributed by atoms with Crippen LogP contribution in [0.2, 0.25) is 10.0 Å². The molecule has 0 aliphatic carbocycles. The number of fused-ring (bicyclic) bond motifs is 1. The summed E-state index contributed by atoms with van der Waals surface area (Å²) < 4.78 is 13.4. The Balaban J connectivity index is 1.56. The lowest BCUT2D eigenvalue weighted by molar-refractivity contribution is 0.0941. The molecule has 4 aromatic rings. The molecule has 2 unspecified atom stereocenters. The fraction of sp³-hybridized carbons (Fsp3) is 0.167. The predicted molar refractivity (Wildman–Crippen MR) is 122 cm³/mol. The molecule has 1 aromatic heterocycles. The van der Waals surface area contributed by atoms with Gasteiger partial charge in [0.1, 0.15) is 5.82 Å². The van der Waals surface area contributed by atoms with Gasteiger partial charge in [0.15, 0.2) is 5.82 Å². The molecule has 3 aromatic carbocycles. The maximum Gasteiger partial charge on any atom is 0.287 e. The maximum atomic E-state index is 13.4. The summed E-state index contributed by atoms with van der Waals surface area (Å²) in [7, 11) is 0. The third-order valence-electron chi connectivity index (χ3n) is 5.44. The lowest BCUT2D eigenvalue weighted by Crippen LogP contribution is -2.31. The Morgan fingerprint density at radius 3 is 2.26 bits per heavy atom.